The van der Waals surface area contributed by atoms with Gasteiger partial charge in [-0.1, -0.05) is 41.9 Å². The van der Waals surface area contributed by atoms with Gasteiger partial charge in [0, 0.05) is 17.3 Å². The van der Waals surface area contributed by atoms with Crippen LogP contribution in [0.1, 0.15) is 22.3 Å². The van der Waals surface area contributed by atoms with E-state index in [0.717, 1.165) is 12.8 Å². The molecule has 0 bridgehead atoms. The molecule has 5 nitrogen and oxygen atoms in total. The highest BCUT2D eigenvalue weighted by Gasteiger charge is 2.13. The SMILES string of the molecule is Nc1ccc(Cl)cc1C(=O)OCC(=O)NCCCc1ccccc1. The molecule has 1 amide bonds. The Morgan fingerprint density at radius 2 is 1.88 bits per heavy atom. The number of halogens is 1. The Morgan fingerprint density at radius 1 is 1.12 bits per heavy atom. The van der Waals surface area contributed by atoms with Gasteiger partial charge in [0.15, 0.2) is 6.61 Å². The first-order chi connectivity index (χ1) is 11.6. The number of nitrogen functional groups attached to an aromatic ring is 1. The number of nitrogens with one attached hydrogen (secondary N) is 1. The first kappa shape index (κ1) is 17.8. The minimum atomic E-state index is -0.672. The fraction of sp³-hybridized carbons (Fsp3) is 0.222. The van der Waals surface area contributed by atoms with E-state index in [1.165, 1.54) is 17.7 Å². The summed E-state index contributed by atoms with van der Waals surface area (Å²) in [5.74, 6) is -1.02. The molecule has 126 valence electrons. The van der Waals surface area contributed by atoms with E-state index >= 15 is 0 Å². The first-order valence-electron chi connectivity index (χ1n) is 7.59. The summed E-state index contributed by atoms with van der Waals surface area (Å²) in [7, 11) is 0. The summed E-state index contributed by atoms with van der Waals surface area (Å²) in [4.78, 5) is 23.6. The highest BCUT2D eigenvalue weighted by molar-refractivity contribution is 6.31. The van der Waals surface area contributed by atoms with Crippen LogP contribution in [-0.4, -0.2) is 25.0 Å². The number of benzene rings is 2. The molecule has 0 heterocycles. The van der Waals surface area contributed by atoms with Crippen LogP contribution >= 0.6 is 11.6 Å². The number of carbonyl (C=O) groups is 2. The molecule has 0 fully saturated rings. The van der Waals surface area contributed by atoms with Crippen LogP contribution in [-0.2, 0) is 16.0 Å². The topological polar surface area (TPSA) is 81.4 Å². The zero-order chi connectivity index (χ0) is 17.4. The Morgan fingerprint density at radius 3 is 2.62 bits per heavy atom. The van der Waals surface area contributed by atoms with Crippen molar-refractivity contribution in [2.24, 2.45) is 0 Å². The zero-order valence-electron chi connectivity index (χ0n) is 13.1. The fourth-order valence-corrected chi connectivity index (χ4v) is 2.30. The molecule has 6 heteroatoms. The summed E-state index contributed by atoms with van der Waals surface area (Å²) >= 11 is 5.82. The van der Waals surface area contributed by atoms with Gasteiger partial charge in [-0.2, -0.15) is 0 Å². The number of amides is 1. The molecule has 0 saturated carbocycles. The minimum absolute atomic E-state index is 0.152. The monoisotopic (exact) mass is 346 g/mol. The lowest BCUT2D eigenvalue weighted by molar-refractivity contribution is -0.124. The van der Waals surface area contributed by atoms with Crippen LogP contribution in [0.2, 0.25) is 5.02 Å². The lowest BCUT2D eigenvalue weighted by atomic mass is 10.1. The molecule has 0 aliphatic heterocycles. The van der Waals surface area contributed by atoms with Crippen molar-refractivity contribution < 1.29 is 14.3 Å². The van der Waals surface area contributed by atoms with E-state index in [2.05, 4.69) is 5.32 Å². The van der Waals surface area contributed by atoms with Crippen molar-refractivity contribution in [1.29, 1.82) is 0 Å². The summed E-state index contributed by atoms with van der Waals surface area (Å²) < 4.78 is 4.95. The van der Waals surface area contributed by atoms with E-state index in [1.54, 1.807) is 6.07 Å². The predicted molar refractivity (Wildman–Crippen MR) is 93.9 cm³/mol. The minimum Gasteiger partial charge on any atom is -0.452 e. The van der Waals surface area contributed by atoms with Crippen molar-refractivity contribution in [2.75, 3.05) is 18.9 Å². The number of anilines is 1. The second-order valence-corrected chi connectivity index (χ2v) is 5.68. The number of rotatable bonds is 7. The largest absolute Gasteiger partial charge is 0.452 e. The maximum Gasteiger partial charge on any atom is 0.340 e. The van der Waals surface area contributed by atoms with Gasteiger partial charge in [-0.05, 0) is 36.6 Å². The molecule has 0 unspecified atom stereocenters. The van der Waals surface area contributed by atoms with Gasteiger partial charge in [-0.3, -0.25) is 4.79 Å². The van der Waals surface area contributed by atoms with Crippen LogP contribution in [0.4, 0.5) is 5.69 Å². The maximum absolute atomic E-state index is 11.9. The summed E-state index contributed by atoms with van der Waals surface area (Å²) in [6, 6.07) is 14.5. The summed E-state index contributed by atoms with van der Waals surface area (Å²) in [6.07, 6.45) is 1.69. The van der Waals surface area contributed by atoms with Crippen molar-refractivity contribution in [3.8, 4) is 0 Å². The summed E-state index contributed by atoms with van der Waals surface area (Å²) in [6.45, 7) is 0.167. The second kappa shape index (κ2) is 8.93. The van der Waals surface area contributed by atoms with Crippen LogP contribution < -0.4 is 11.1 Å². The Bertz CT molecular complexity index is 705. The quantitative estimate of drug-likeness (QED) is 0.459. The first-order valence-corrected chi connectivity index (χ1v) is 7.97. The Kier molecular flexibility index (Phi) is 6.63. The van der Waals surface area contributed by atoms with Gasteiger partial charge in [-0.25, -0.2) is 4.79 Å². The fourth-order valence-electron chi connectivity index (χ4n) is 2.13. The normalized spacial score (nSPS) is 10.2. The third-order valence-electron chi connectivity index (χ3n) is 3.38. The third-order valence-corrected chi connectivity index (χ3v) is 3.61. The number of aryl methyl sites for hydroxylation is 1. The molecule has 0 atom stereocenters. The van der Waals surface area contributed by atoms with Gasteiger partial charge >= 0.3 is 5.97 Å². The molecule has 0 aromatic heterocycles. The standard InChI is InChI=1S/C18H19ClN2O3/c19-14-8-9-16(20)15(11-14)18(23)24-12-17(22)21-10-4-7-13-5-2-1-3-6-13/h1-3,5-6,8-9,11H,4,7,10,12,20H2,(H,21,22). The highest BCUT2D eigenvalue weighted by atomic mass is 35.5. The molecule has 2 rings (SSSR count). The van der Waals surface area contributed by atoms with Crippen molar-refractivity contribution in [3.63, 3.8) is 0 Å². The number of hydrogen-bond donors (Lipinski definition) is 2. The summed E-state index contributed by atoms with van der Waals surface area (Å²) in [5, 5.41) is 3.09. The van der Waals surface area contributed by atoms with Crippen LogP contribution in [0.5, 0.6) is 0 Å². The van der Waals surface area contributed by atoms with Gasteiger partial charge in [-0.15, -0.1) is 0 Å². The number of hydrogen-bond acceptors (Lipinski definition) is 4. The molecule has 2 aromatic carbocycles. The molecule has 0 radical (unpaired) electrons. The molecule has 3 N–H and O–H groups in total. The van der Waals surface area contributed by atoms with E-state index in [9.17, 15) is 9.59 Å². The maximum atomic E-state index is 11.9. The Hall–Kier alpha value is -2.53. The number of esters is 1. The molecule has 0 saturated heterocycles. The molecule has 0 aliphatic carbocycles. The van der Waals surface area contributed by atoms with Crippen molar-refractivity contribution in [1.82, 2.24) is 5.32 Å². The molecular weight excluding hydrogens is 328 g/mol. The van der Waals surface area contributed by atoms with Crippen molar-refractivity contribution in [3.05, 3.63) is 64.7 Å². The number of carbonyl (C=O) groups excluding carboxylic acids is 2. The van der Waals surface area contributed by atoms with Gasteiger partial charge in [0.2, 0.25) is 0 Å². The number of ether oxygens (including phenoxy) is 1. The highest BCUT2D eigenvalue weighted by Crippen LogP contribution is 2.18. The average molecular weight is 347 g/mol. The van der Waals surface area contributed by atoms with Gasteiger partial charge in [0.1, 0.15) is 0 Å². The molecule has 2 aromatic rings. The lowest BCUT2D eigenvalue weighted by Crippen LogP contribution is -2.30. The van der Waals surface area contributed by atoms with Crippen LogP contribution in [0, 0.1) is 0 Å². The second-order valence-electron chi connectivity index (χ2n) is 5.25. The van der Waals surface area contributed by atoms with E-state index in [1.807, 2.05) is 30.3 Å². The Balaban J connectivity index is 1.69. The van der Waals surface area contributed by atoms with Crippen LogP contribution in [0.3, 0.4) is 0 Å². The van der Waals surface area contributed by atoms with Crippen LogP contribution in [0.15, 0.2) is 48.5 Å². The van der Waals surface area contributed by atoms with E-state index in [4.69, 9.17) is 22.1 Å². The van der Waals surface area contributed by atoms with Gasteiger partial charge in [0.25, 0.3) is 5.91 Å². The van der Waals surface area contributed by atoms with E-state index in [0.29, 0.717) is 11.6 Å². The third kappa shape index (κ3) is 5.59. The molecule has 24 heavy (non-hydrogen) atoms. The van der Waals surface area contributed by atoms with Crippen molar-refractivity contribution in [2.45, 2.75) is 12.8 Å². The van der Waals surface area contributed by atoms with Gasteiger partial charge < -0.3 is 15.8 Å². The smallest absolute Gasteiger partial charge is 0.340 e. The average Bonchev–Trinajstić information content (AvgIpc) is 2.59. The molecule has 0 aliphatic rings. The predicted octanol–water partition coefficient (Wildman–Crippen LogP) is 2.83. The molecular formula is C18H19ClN2O3. The van der Waals surface area contributed by atoms with E-state index < -0.39 is 5.97 Å². The zero-order valence-corrected chi connectivity index (χ0v) is 13.9. The van der Waals surface area contributed by atoms with E-state index in [-0.39, 0.29) is 23.8 Å². The summed E-state index contributed by atoms with van der Waals surface area (Å²) in [5.41, 5.74) is 7.32. The molecule has 0 spiro atoms. The van der Waals surface area contributed by atoms with Crippen molar-refractivity contribution >= 4 is 29.2 Å². The Labute approximate surface area is 145 Å². The number of nitrogens with two attached hydrogens (primary N) is 1. The van der Waals surface area contributed by atoms with Gasteiger partial charge in [0.05, 0.1) is 5.56 Å². The lowest BCUT2D eigenvalue weighted by Gasteiger charge is -2.08. The van der Waals surface area contributed by atoms with Crippen LogP contribution in [0.25, 0.3) is 0 Å².